The molecular formula is C18H27NO. The molecule has 1 aliphatic carbocycles. The zero-order valence-electron chi connectivity index (χ0n) is 12.8. The second-order valence-electron chi connectivity index (χ2n) is 6.88. The maximum atomic E-state index is 5.80. The molecule has 1 aromatic carbocycles. The van der Waals surface area contributed by atoms with Crippen LogP contribution >= 0.6 is 0 Å². The molecule has 1 aromatic rings. The standard InChI is InChI=1S/C18H27NO/c1-3-19-15-8-10-18(2,13-15)12-14-9-11-20-17-7-5-4-6-16(14)17/h4-7,14-15,19H,3,8-13H2,1-2H3. The van der Waals surface area contributed by atoms with Crippen LogP contribution in [0, 0.1) is 5.41 Å². The second kappa shape index (κ2) is 5.77. The van der Waals surface area contributed by atoms with E-state index in [1.165, 1.54) is 37.7 Å². The summed E-state index contributed by atoms with van der Waals surface area (Å²) in [6, 6.07) is 9.36. The lowest BCUT2D eigenvalue weighted by Crippen LogP contribution is -2.28. The summed E-state index contributed by atoms with van der Waals surface area (Å²) in [7, 11) is 0. The lowest BCUT2D eigenvalue weighted by molar-refractivity contribution is 0.214. The van der Waals surface area contributed by atoms with Crippen LogP contribution in [0.2, 0.25) is 0 Å². The normalized spacial score (nSPS) is 32.7. The molecule has 0 radical (unpaired) electrons. The molecule has 3 unspecified atom stereocenters. The van der Waals surface area contributed by atoms with E-state index in [2.05, 4.69) is 43.4 Å². The molecule has 0 aromatic heterocycles. The average molecular weight is 273 g/mol. The molecule has 3 rings (SSSR count). The van der Waals surface area contributed by atoms with E-state index in [0.717, 1.165) is 24.9 Å². The Hall–Kier alpha value is -1.02. The fraction of sp³-hybridized carbons (Fsp3) is 0.667. The van der Waals surface area contributed by atoms with Crippen molar-refractivity contribution in [3.8, 4) is 5.75 Å². The van der Waals surface area contributed by atoms with Crippen LogP contribution in [0.5, 0.6) is 5.75 Å². The van der Waals surface area contributed by atoms with Gasteiger partial charge in [-0.2, -0.15) is 0 Å². The highest BCUT2D eigenvalue weighted by molar-refractivity contribution is 5.37. The van der Waals surface area contributed by atoms with Gasteiger partial charge in [0, 0.05) is 6.04 Å². The van der Waals surface area contributed by atoms with E-state index >= 15 is 0 Å². The summed E-state index contributed by atoms with van der Waals surface area (Å²) in [4.78, 5) is 0. The van der Waals surface area contributed by atoms with E-state index in [1.807, 2.05) is 0 Å². The fourth-order valence-electron chi connectivity index (χ4n) is 4.19. The summed E-state index contributed by atoms with van der Waals surface area (Å²) in [5.74, 6) is 1.80. The third kappa shape index (κ3) is 2.85. The highest BCUT2D eigenvalue weighted by atomic mass is 16.5. The predicted octanol–water partition coefficient (Wildman–Crippen LogP) is 4.11. The SMILES string of the molecule is CCNC1CCC(C)(CC2CCOc3ccccc32)C1. The van der Waals surface area contributed by atoms with Crippen LogP contribution in [0.15, 0.2) is 24.3 Å². The summed E-state index contributed by atoms with van der Waals surface area (Å²) in [5, 5.41) is 3.63. The first-order valence-electron chi connectivity index (χ1n) is 8.15. The number of nitrogens with one attached hydrogen (secondary N) is 1. The van der Waals surface area contributed by atoms with Crippen molar-refractivity contribution in [1.82, 2.24) is 5.32 Å². The number of hydrogen-bond acceptors (Lipinski definition) is 2. The molecule has 1 fully saturated rings. The largest absolute Gasteiger partial charge is 0.493 e. The molecule has 1 saturated carbocycles. The monoisotopic (exact) mass is 273 g/mol. The third-order valence-electron chi connectivity index (χ3n) is 5.15. The van der Waals surface area contributed by atoms with E-state index in [-0.39, 0.29) is 0 Å². The van der Waals surface area contributed by atoms with Crippen LogP contribution in [-0.4, -0.2) is 19.2 Å². The maximum absolute atomic E-state index is 5.80. The predicted molar refractivity (Wildman–Crippen MR) is 83.3 cm³/mol. The Bertz CT molecular complexity index is 458. The Kier molecular flexibility index (Phi) is 4.02. The van der Waals surface area contributed by atoms with E-state index in [0.29, 0.717) is 11.3 Å². The fourth-order valence-corrected chi connectivity index (χ4v) is 4.19. The van der Waals surface area contributed by atoms with Gasteiger partial charge in [-0.1, -0.05) is 32.0 Å². The zero-order chi connectivity index (χ0) is 14.0. The molecule has 2 aliphatic rings. The molecule has 0 amide bonds. The molecule has 0 bridgehead atoms. The van der Waals surface area contributed by atoms with Crippen molar-refractivity contribution < 1.29 is 4.74 Å². The van der Waals surface area contributed by atoms with Gasteiger partial charge in [-0.05, 0) is 61.6 Å². The minimum Gasteiger partial charge on any atom is -0.493 e. The molecule has 0 saturated heterocycles. The minimum absolute atomic E-state index is 0.502. The van der Waals surface area contributed by atoms with Crippen LogP contribution in [0.1, 0.15) is 57.4 Å². The molecule has 3 atom stereocenters. The summed E-state index contributed by atoms with van der Waals surface area (Å²) < 4.78 is 5.80. The van der Waals surface area contributed by atoms with Crippen molar-refractivity contribution >= 4 is 0 Å². The Balaban J connectivity index is 1.70. The van der Waals surface area contributed by atoms with Gasteiger partial charge in [0.1, 0.15) is 5.75 Å². The highest BCUT2D eigenvalue weighted by Gasteiger charge is 2.37. The molecule has 2 nitrogen and oxygen atoms in total. The van der Waals surface area contributed by atoms with Crippen LogP contribution in [0.3, 0.4) is 0 Å². The average Bonchev–Trinajstić information content (AvgIpc) is 2.81. The van der Waals surface area contributed by atoms with E-state index < -0.39 is 0 Å². The third-order valence-corrected chi connectivity index (χ3v) is 5.15. The molecule has 0 spiro atoms. The topological polar surface area (TPSA) is 21.3 Å². The van der Waals surface area contributed by atoms with Crippen LogP contribution in [0.25, 0.3) is 0 Å². The first kappa shape index (κ1) is 13.9. The Morgan fingerprint density at radius 3 is 3.00 bits per heavy atom. The van der Waals surface area contributed by atoms with Gasteiger partial charge in [-0.3, -0.25) is 0 Å². The number of para-hydroxylation sites is 1. The second-order valence-corrected chi connectivity index (χ2v) is 6.88. The van der Waals surface area contributed by atoms with Gasteiger partial charge in [0.15, 0.2) is 0 Å². The van der Waals surface area contributed by atoms with Gasteiger partial charge in [-0.15, -0.1) is 0 Å². The van der Waals surface area contributed by atoms with Crippen LogP contribution < -0.4 is 10.1 Å². The number of fused-ring (bicyclic) bond motifs is 1. The Morgan fingerprint density at radius 1 is 1.30 bits per heavy atom. The smallest absolute Gasteiger partial charge is 0.122 e. The van der Waals surface area contributed by atoms with Gasteiger partial charge in [-0.25, -0.2) is 0 Å². The van der Waals surface area contributed by atoms with Crippen molar-refractivity contribution in [1.29, 1.82) is 0 Å². The molecule has 1 heterocycles. The Labute approximate surface area is 122 Å². The number of hydrogen-bond donors (Lipinski definition) is 1. The number of rotatable bonds is 4. The summed E-state index contributed by atoms with van der Waals surface area (Å²) in [6.07, 6.45) is 6.54. The first-order chi connectivity index (χ1) is 9.70. The molecular weight excluding hydrogens is 246 g/mol. The van der Waals surface area contributed by atoms with Gasteiger partial charge in [0.25, 0.3) is 0 Å². The zero-order valence-corrected chi connectivity index (χ0v) is 12.8. The molecule has 20 heavy (non-hydrogen) atoms. The Morgan fingerprint density at radius 2 is 2.15 bits per heavy atom. The van der Waals surface area contributed by atoms with Crippen molar-refractivity contribution in [2.75, 3.05) is 13.2 Å². The number of benzene rings is 1. The minimum atomic E-state index is 0.502. The van der Waals surface area contributed by atoms with Gasteiger partial charge in [0.2, 0.25) is 0 Å². The molecule has 110 valence electrons. The van der Waals surface area contributed by atoms with E-state index in [4.69, 9.17) is 4.74 Å². The number of ether oxygens (including phenoxy) is 1. The van der Waals surface area contributed by atoms with Crippen LogP contribution in [-0.2, 0) is 0 Å². The van der Waals surface area contributed by atoms with Crippen molar-refractivity contribution in [3.63, 3.8) is 0 Å². The molecule has 1 aliphatic heterocycles. The summed E-state index contributed by atoms with van der Waals surface area (Å²) in [5.41, 5.74) is 1.94. The quantitative estimate of drug-likeness (QED) is 0.891. The van der Waals surface area contributed by atoms with E-state index in [9.17, 15) is 0 Å². The summed E-state index contributed by atoms with van der Waals surface area (Å²) >= 11 is 0. The maximum Gasteiger partial charge on any atom is 0.122 e. The molecule has 2 heteroatoms. The van der Waals surface area contributed by atoms with Gasteiger partial charge < -0.3 is 10.1 Å². The van der Waals surface area contributed by atoms with Gasteiger partial charge in [0.05, 0.1) is 6.61 Å². The van der Waals surface area contributed by atoms with Crippen molar-refractivity contribution in [3.05, 3.63) is 29.8 Å². The van der Waals surface area contributed by atoms with E-state index in [1.54, 1.807) is 0 Å². The van der Waals surface area contributed by atoms with Crippen LogP contribution in [0.4, 0.5) is 0 Å². The molecule has 1 N–H and O–H groups in total. The van der Waals surface area contributed by atoms with Crippen molar-refractivity contribution in [2.45, 2.75) is 57.9 Å². The van der Waals surface area contributed by atoms with Crippen molar-refractivity contribution in [2.24, 2.45) is 5.41 Å². The lowest BCUT2D eigenvalue weighted by Gasteiger charge is -2.33. The highest BCUT2D eigenvalue weighted by Crippen LogP contribution is 2.48. The lowest BCUT2D eigenvalue weighted by atomic mass is 9.75. The first-order valence-corrected chi connectivity index (χ1v) is 8.15. The summed E-state index contributed by atoms with van der Waals surface area (Å²) in [6.45, 7) is 6.68. The van der Waals surface area contributed by atoms with Gasteiger partial charge >= 0.3 is 0 Å².